The van der Waals surface area contributed by atoms with Crippen LogP contribution in [0.25, 0.3) is 0 Å². The van der Waals surface area contributed by atoms with Crippen LogP contribution in [0.5, 0.6) is 0 Å². The second kappa shape index (κ2) is 45.2. The van der Waals surface area contributed by atoms with Crippen LogP contribution in [-0.4, -0.2) is 193 Å². The zero-order valence-corrected chi connectivity index (χ0v) is 49.6. The van der Waals surface area contributed by atoms with Crippen LogP contribution >= 0.6 is 0 Å². The van der Waals surface area contributed by atoms with E-state index in [0.29, 0.717) is 19.3 Å². The Bertz CT molecular complexity index is 1470. The lowest BCUT2D eigenvalue weighted by Gasteiger charge is -2.48. The van der Waals surface area contributed by atoms with Crippen molar-refractivity contribution >= 4 is 5.91 Å². The summed E-state index contributed by atoms with van der Waals surface area (Å²) in [5.74, 6) is -0.249. The quantitative estimate of drug-likeness (QED) is 0.0280. The second-order valence-corrected chi connectivity index (χ2v) is 23.6. The molecule has 3 heterocycles. The number of ether oxygens (including phenoxy) is 6. The van der Waals surface area contributed by atoms with Crippen molar-refractivity contribution in [2.75, 3.05) is 26.4 Å². The van der Waals surface area contributed by atoms with Gasteiger partial charge in [-0.15, -0.1) is 0 Å². The average molecular weight is 1150 g/mol. The molecule has 0 spiro atoms. The molecular weight excluding hydrogens is 1030 g/mol. The molecule has 12 N–H and O–H groups in total. The van der Waals surface area contributed by atoms with E-state index in [9.17, 15) is 61.0 Å². The van der Waals surface area contributed by atoms with Crippen molar-refractivity contribution in [3.8, 4) is 0 Å². The minimum atomic E-state index is -1.97. The van der Waals surface area contributed by atoms with E-state index >= 15 is 0 Å². The molecule has 80 heavy (non-hydrogen) atoms. The van der Waals surface area contributed by atoms with Crippen molar-refractivity contribution in [2.24, 2.45) is 0 Å². The maximum atomic E-state index is 13.2. The third-order valence-electron chi connectivity index (χ3n) is 16.7. The number of carbonyl (C=O) groups excluding carboxylic acids is 1. The molecule has 3 aliphatic heterocycles. The van der Waals surface area contributed by atoms with E-state index in [0.717, 1.165) is 32.1 Å². The number of hydrogen-bond donors (Lipinski definition) is 12. The Morgan fingerprint density at radius 3 is 1.09 bits per heavy atom. The Morgan fingerprint density at radius 1 is 0.400 bits per heavy atom. The first-order valence-electron chi connectivity index (χ1n) is 32.3. The molecule has 1 amide bonds. The first-order valence-corrected chi connectivity index (χ1v) is 32.3. The summed E-state index contributed by atoms with van der Waals surface area (Å²) in [5, 5.41) is 119. The number of rotatable bonds is 49. The smallest absolute Gasteiger partial charge is 0.220 e. The third kappa shape index (κ3) is 28.3. The molecule has 474 valence electrons. The monoisotopic (exact) mass is 1150 g/mol. The average Bonchev–Trinajstić information content (AvgIpc) is 3.50. The SMILES string of the molecule is CCCCCCCCCCCCCCCCCCCCCCCCCCCCCCCCCCC(=O)NC(COC1OC(CO)C(OC2OC(CO)C(OC3OC(CO)C(O)C(O)C3O)C(O)C2O)C(O)C1O)C(O)CCCCC. The summed E-state index contributed by atoms with van der Waals surface area (Å²) in [6.07, 6.45) is 19.3. The normalized spacial score (nSPS) is 29.9. The highest BCUT2D eigenvalue weighted by Gasteiger charge is 2.53. The van der Waals surface area contributed by atoms with Gasteiger partial charge in [-0.05, 0) is 12.8 Å². The van der Waals surface area contributed by atoms with Crippen LogP contribution in [0.1, 0.15) is 251 Å². The van der Waals surface area contributed by atoms with E-state index in [1.54, 1.807) is 0 Å². The fraction of sp³-hybridized carbons (Fsp3) is 0.984. The maximum absolute atomic E-state index is 13.2. The fourth-order valence-corrected chi connectivity index (χ4v) is 11.4. The third-order valence-corrected chi connectivity index (χ3v) is 16.7. The maximum Gasteiger partial charge on any atom is 0.220 e. The Balaban J connectivity index is 1.24. The molecule has 19 heteroatoms. The summed E-state index contributed by atoms with van der Waals surface area (Å²) >= 11 is 0. The predicted molar refractivity (Wildman–Crippen MR) is 305 cm³/mol. The van der Waals surface area contributed by atoms with Crippen molar-refractivity contribution in [1.82, 2.24) is 5.32 Å². The second-order valence-electron chi connectivity index (χ2n) is 23.6. The number of hydrogen-bond acceptors (Lipinski definition) is 18. The molecule has 3 rings (SSSR count). The Kier molecular flexibility index (Phi) is 41.2. The number of amides is 1. The summed E-state index contributed by atoms with van der Waals surface area (Å²) in [7, 11) is 0. The van der Waals surface area contributed by atoms with Crippen molar-refractivity contribution in [3.63, 3.8) is 0 Å². The molecular formula is C61H117NO18. The van der Waals surface area contributed by atoms with Gasteiger partial charge in [0.1, 0.15) is 73.2 Å². The predicted octanol–water partition coefficient (Wildman–Crippen LogP) is 6.77. The van der Waals surface area contributed by atoms with Gasteiger partial charge in [0.05, 0.1) is 38.6 Å². The molecule has 0 bridgehead atoms. The zero-order valence-electron chi connectivity index (χ0n) is 49.6. The van der Waals surface area contributed by atoms with E-state index in [-0.39, 0.29) is 18.9 Å². The fourth-order valence-electron chi connectivity index (χ4n) is 11.4. The largest absolute Gasteiger partial charge is 0.394 e. The summed E-state index contributed by atoms with van der Waals surface area (Å²) in [6.45, 7) is 1.63. The number of carbonyl (C=O) groups is 1. The summed E-state index contributed by atoms with van der Waals surface area (Å²) in [4.78, 5) is 13.2. The van der Waals surface area contributed by atoms with Gasteiger partial charge in [0, 0.05) is 6.42 Å². The molecule has 3 aliphatic rings. The van der Waals surface area contributed by atoms with Gasteiger partial charge in [-0.3, -0.25) is 4.79 Å². The Hall–Kier alpha value is -1.21. The highest BCUT2D eigenvalue weighted by Crippen LogP contribution is 2.33. The molecule has 0 radical (unpaired) electrons. The van der Waals surface area contributed by atoms with Crippen LogP contribution in [0.2, 0.25) is 0 Å². The molecule has 3 saturated heterocycles. The number of aliphatic hydroxyl groups excluding tert-OH is 11. The molecule has 0 aromatic heterocycles. The minimum Gasteiger partial charge on any atom is -0.394 e. The van der Waals surface area contributed by atoms with E-state index in [1.165, 1.54) is 180 Å². The molecule has 17 unspecified atom stereocenters. The van der Waals surface area contributed by atoms with Crippen LogP contribution < -0.4 is 5.32 Å². The molecule has 0 saturated carbocycles. The van der Waals surface area contributed by atoms with E-state index in [2.05, 4.69) is 12.2 Å². The van der Waals surface area contributed by atoms with Gasteiger partial charge in [-0.25, -0.2) is 0 Å². The lowest BCUT2D eigenvalue weighted by Crippen LogP contribution is -2.66. The first kappa shape index (κ1) is 73.0. The Labute approximate surface area is 481 Å². The molecule has 0 aromatic rings. The first-order chi connectivity index (χ1) is 38.8. The van der Waals surface area contributed by atoms with Crippen molar-refractivity contribution < 1.29 is 89.4 Å². The van der Waals surface area contributed by atoms with E-state index in [1.807, 2.05) is 6.92 Å². The molecule has 17 atom stereocenters. The lowest BCUT2D eigenvalue weighted by atomic mass is 9.96. The van der Waals surface area contributed by atoms with Crippen LogP contribution in [0.15, 0.2) is 0 Å². The molecule has 19 nitrogen and oxygen atoms in total. The van der Waals surface area contributed by atoms with Crippen molar-refractivity contribution in [3.05, 3.63) is 0 Å². The van der Waals surface area contributed by atoms with Crippen molar-refractivity contribution in [2.45, 2.75) is 356 Å². The standard InChI is InChI=1S/C61H117NO18/c1-3-5-7-8-9-10-11-12-13-14-15-16-17-18-19-20-21-22-23-24-25-26-27-28-29-30-31-32-33-34-35-37-39-49(67)62-44(45(66)38-36-6-4-2)43-75-59-55(73)52(70)57(47(41-64)77-59)80-61-56(74)53(71)58(48(42-65)78-61)79-60-54(72)51(69)50(68)46(40-63)76-60/h44-48,50-61,63-66,68-74H,3-43H2,1-2H3,(H,62,67). The summed E-state index contributed by atoms with van der Waals surface area (Å²) < 4.78 is 34.0. The number of aliphatic hydroxyl groups is 11. The van der Waals surface area contributed by atoms with Gasteiger partial charge >= 0.3 is 0 Å². The van der Waals surface area contributed by atoms with Gasteiger partial charge in [0.2, 0.25) is 5.91 Å². The van der Waals surface area contributed by atoms with Crippen LogP contribution in [-0.2, 0) is 33.2 Å². The highest BCUT2D eigenvalue weighted by atomic mass is 16.8. The molecule has 3 fully saturated rings. The van der Waals surface area contributed by atoms with Gasteiger partial charge < -0.3 is 89.9 Å². The van der Waals surface area contributed by atoms with Gasteiger partial charge in [0.15, 0.2) is 18.9 Å². The number of nitrogens with one attached hydrogen (secondary N) is 1. The zero-order chi connectivity index (χ0) is 58.3. The van der Waals surface area contributed by atoms with E-state index in [4.69, 9.17) is 28.4 Å². The van der Waals surface area contributed by atoms with Crippen LogP contribution in [0.4, 0.5) is 0 Å². The molecule has 0 aliphatic carbocycles. The summed E-state index contributed by atoms with van der Waals surface area (Å²) in [6, 6.07) is -0.877. The summed E-state index contributed by atoms with van der Waals surface area (Å²) in [5.41, 5.74) is 0. The number of unbranched alkanes of at least 4 members (excludes halogenated alkanes) is 33. The van der Waals surface area contributed by atoms with Crippen LogP contribution in [0.3, 0.4) is 0 Å². The van der Waals surface area contributed by atoms with Gasteiger partial charge in [0.25, 0.3) is 0 Å². The van der Waals surface area contributed by atoms with Crippen LogP contribution in [0, 0.1) is 0 Å². The molecule has 0 aromatic carbocycles. The van der Waals surface area contributed by atoms with E-state index < -0.39 is 124 Å². The highest BCUT2D eigenvalue weighted by molar-refractivity contribution is 5.76. The minimum absolute atomic E-state index is 0.249. The lowest BCUT2D eigenvalue weighted by molar-refractivity contribution is -0.379. The Morgan fingerprint density at radius 2 is 0.713 bits per heavy atom. The topological polar surface area (TPSA) is 307 Å². The van der Waals surface area contributed by atoms with Gasteiger partial charge in [-0.1, -0.05) is 232 Å². The van der Waals surface area contributed by atoms with Gasteiger partial charge in [-0.2, -0.15) is 0 Å². The van der Waals surface area contributed by atoms with Crippen molar-refractivity contribution in [1.29, 1.82) is 0 Å².